The van der Waals surface area contributed by atoms with Crippen LogP contribution in [0.25, 0.3) is 0 Å². The molecule has 2 aromatic heterocycles. The van der Waals surface area contributed by atoms with E-state index in [1.165, 1.54) is 0 Å². The summed E-state index contributed by atoms with van der Waals surface area (Å²) in [5.74, 6) is 0.886. The molecule has 2 heterocycles. The fourth-order valence-corrected chi connectivity index (χ4v) is 1.27. The molecule has 5 nitrogen and oxygen atoms in total. The normalized spacial score (nSPS) is 9.73. The second-order valence-electron chi connectivity index (χ2n) is 3.25. The first-order valence-corrected chi connectivity index (χ1v) is 4.45. The first kappa shape index (κ1) is 11.6. The van der Waals surface area contributed by atoms with Crippen LogP contribution in [0.3, 0.4) is 0 Å². The summed E-state index contributed by atoms with van der Waals surface area (Å²) >= 11 is 0. The summed E-state index contributed by atoms with van der Waals surface area (Å²) < 4.78 is 3.56. The Bertz CT molecular complexity index is 379. The molecular formula is C9H14ClN5. The smallest absolute Gasteiger partial charge is 0.148 e. The number of aryl methyl sites for hydroxylation is 2. The summed E-state index contributed by atoms with van der Waals surface area (Å²) in [4.78, 5) is 0. The van der Waals surface area contributed by atoms with Crippen LogP contribution in [0.1, 0.15) is 5.56 Å². The van der Waals surface area contributed by atoms with Crippen molar-refractivity contribution in [3.8, 4) is 0 Å². The van der Waals surface area contributed by atoms with Gasteiger partial charge in [0.1, 0.15) is 5.82 Å². The zero-order valence-electron chi connectivity index (χ0n) is 8.71. The van der Waals surface area contributed by atoms with E-state index in [-0.39, 0.29) is 12.4 Å². The van der Waals surface area contributed by atoms with Crippen LogP contribution in [-0.4, -0.2) is 19.6 Å². The van der Waals surface area contributed by atoms with Crippen molar-refractivity contribution >= 4 is 18.2 Å². The molecule has 0 aliphatic rings. The average molecular weight is 228 g/mol. The van der Waals surface area contributed by atoms with Gasteiger partial charge < -0.3 is 5.32 Å². The van der Waals surface area contributed by atoms with Gasteiger partial charge >= 0.3 is 0 Å². The maximum Gasteiger partial charge on any atom is 0.148 e. The lowest BCUT2D eigenvalue weighted by Crippen LogP contribution is -1.99. The molecule has 1 N–H and O–H groups in total. The quantitative estimate of drug-likeness (QED) is 0.857. The topological polar surface area (TPSA) is 47.7 Å². The Morgan fingerprint density at radius 1 is 1.33 bits per heavy atom. The zero-order valence-corrected chi connectivity index (χ0v) is 9.53. The number of nitrogens with one attached hydrogen (secondary N) is 1. The average Bonchev–Trinajstić information content (AvgIpc) is 2.72. The van der Waals surface area contributed by atoms with Crippen LogP contribution in [0.15, 0.2) is 24.7 Å². The fourth-order valence-electron chi connectivity index (χ4n) is 1.27. The standard InChI is InChI=1S/C9H13N5.ClH/c1-13-4-3-9(12-13)10-5-8-6-11-14(2)7-8;/h3-4,6-7H,5H2,1-2H3,(H,10,12);1H. The molecule has 2 rings (SSSR count). The Balaban J connectivity index is 0.00000112. The molecule has 0 saturated heterocycles. The molecule has 0 aliphatic carbocycles. The van der Waals surface area contributed by atoms with Crippen molar-refractivity contribution < 1.29 is 0 Å². The molecule has 0 fully saturated rings. The molecular weight excluding hydrogens is 214 g/mol. The summed E-state index contributed by atoms with van der Waals surface area (Å²) in [6.45, 7) is 0.755. The van der Waals surface area contributed by atoms with Gasteiger partial charge in [0.2, 0.25) is 0 Å². The van der Waals surface area contributed by atoms with E-state index in [0.29, 0.717) is 0 Å². The van der Waals surface area contributed by atoms with E-state index in [2.05, 4.69) is 15.5 Å². The van der Waals surface area contributed by atoms with Gasteiger partial charge in [-0.15, -0.1) is 12.4 Å². The van der Waals surface area contributed by atoms with Crippen LogP contribution in [0.4, 0.5) is 5.82 Å². The number of halogens is 1. The van der Waals surface area contributed by atoms with Crippen molar-refractivity contribution in [2.75, 3.05) is 5.32 Å². The fraction of sp³-hybridized carbons (Fsp3) is 0.333. The van der Waals surface area contributed by atoms with E-state index in [1.807, 2.05) is 38.8 Å². The van der Waals surface area contributed by atoms with Gasteiger partial charge in [-0.2, -0.15) is 10.2 Å². The lowest BCUT2D eigenvalue weighted by atomic mass is 10.3. The van der Waals surface area contributed by atoms with Crippen molar-refractivity contribution in [2.24, 2.45) is 14.1 Å². The van der Waals surface area contributed by atoms with Crippen molar-refractivity contribution in [1.82, 2.24) is 19.6 Å². The highest BCUT2D eigenvalue weighted by Gasteiger charge is 1.97. The third kappa shape index (κ3) is 2.99. The molecule has 2 aromatic rings. The first-order valence-electron chi connectivity index (χ1n) is 4.45. The Morgan fingerprint density at radius 2 is 2.13 bits per heavy atom. The molecule has 0 bridgehead atoms. The number of aromatic nitrogens is 4. The minimum absolute atomic E-state index is 0. The largest absolute Gasteiger partial charge is 0.364 e. The summed E-state index contributed by atoms with van der Waals surface area (Å²) in [5, 5.41) is 11.5. The second kappa shape index (κ2) is 4.84. The van der Waals surface area contributed by atoms with Crippen molar-refractivity contribution in [3.63, 3.8) is 0 Å². The molecule has 0 unspecified atom stereocenters. The van der Waals surface area contributed by atoms with Crippen LogP contribution in [0.5, 0.6) is 0 Å². The molecule has 15 heavy (non-hydrogen) atoms. The van der Waals surface area contributed by atoms with Crippen LogP contribution in [-0.2, 0) is 20.6 Å². The molecule has 0 spiro atoms. The Morgan fingerprint density at radius 3 is 2.67 bits per heavy atom. The van der Waals surface area contributed by atoms with Gasteiger partial charge in [-0.25, -0.2) is 0 Å². The molecule has 6 heteroatoms. The Kier molecular flexibility index (Phi) is 3.74. The van der Waals surface area contributed by atoms with E-state index in [9.17, 15) is 0 Å². The minimum Gasteiger partial charge on any atom is -0.364 e. The summed E-state index contributed by atoms with van der Waals surface area (Å²) in [6, 6.07) is 1.94. The van der Waals surface area contributed by atoms with Crippen LogP contribution < -0.4 is 5.32 Å². The third-order valence-electron chi connectivity index (χ3n) is 1.95. The highest BCUT2D eigenvalue weighted by atomic mass is 35.5. The Labute approximate surface area is 94.5 Å². The van der Waals surface area contributed by atoms with Gasteiger partial charge in [0, 0.05) is 44.7 Å². The number of anilines is 1. The van der Waals surface area contributed by atoms with Gasteiger partial charge in [-0.1, -0.05) is 0 Å². The van der Waals surface area contributed by atoms with Gasteiger partial charge in [-0.3, -0.25) is 9.36 Å². The minimum atomic E-state index is 0. The molecule has 0 aromatic carbocycles. The monoisotopic (exact) mass is 227 g/mol. The molecule has 0 atom stereocenters. The lowest BCUT2D eigenvalue weighted by Gasteiger charge is -1.98. The van der Waals surface area contributed by atoms with E-state index in [1.54, 1.807) is 9.36 Å². The zero-order chi connectivity index (χ0) is 9.97. The van der Waals surface area contributed by atoms with E-state index in [4.69, 9.17) is 0 Å². The van der Waals surface area contributed by atoms with E-state index >= 15 is 0 Å². The number of hydrogen-bond acceptors (Lipinski definition) is 3. The van der Waals surface area contributed by atoms with E-state index in [0.717, 1.165) is 17.9 Å². The molecule has 0 radical (unpaired) electrons. The summed E-state index contributed by atoms with van der Waals surface area (Å²) in [6.07, 6.45) is 5.73. The first-order chi connectivity index (χ1) is 6.74. The second-order valence-corrected chi connectivity index (χ2v) is 3.25. The molecule has 0 amide bonds. The van der Waals surface area contributed by atoms with Crippen molar-refractivity contribution in [1.29, 1.82) is 0 Å². The van der Waals surface area contributed by atoms with Crippen LogP contribution in [0.2, 0.25) is 0 Å². The van der Waals surface area contributed by atoms with Gasteiger partial charge in [0.05, 0.1) is 6.20 Å². The van der Waals surface area contributed by atoms with Crippen molar-refractivity contribution in [2.45, 2.75) is 6.54 Å². The highest BCUT2D eigenvalue weighted by Crippen LogP contribution is 2.04. The highest BCUT2D eigenvalue weighted by molar-refractivity contribution is 5.85. The maximum atomic E-state index is 4.21. The molecule has 0 aliphatic heterocycles. The van der Waals surface area contributed by atoms with Crippen molar-refractivity contribution in [3.05, 3.63) is 30.2 Å². The predicted molar refractivity (Wildman–Crippen MR) is 61.0 cm³/mol. The van der Waals surface area contributed by atoms with E-state index < -0.39 is 0 Å². The van der Waals surface area contributed by atoms with Gasteiger partial charge in [-0.05, 0) is 0 Å². The number of hydrogen-bond donors (Lipinski definition) is 1. The molecule has 82 valence electrons. The predicted octanol–water partition coefficient (Wildman–Crippen LogP) is 1.19. The van der Waals surface area contributed by atoms with Gasteiger partial charge in [0.15, 0.2) is 0 Å². The maximum absolute atomic E-state index is 4.21. The lowest BCUT2D eigenvalue weighted by molar-refractivity contribution is 0.765. The SMILES string of the molecule is Cl.Cn1cc(CNc2ccn(C)n2)cn1. The summed E-state index contributed by atoms with van der Waals surface area (Å²) in [7, 11) is 3.81. The number of nitrogens with zero attached hydrogens (tertiary/aromatic N) is 4. The van der Waals surface area contributed by atoms with Crippen LogP contribution in [0, 0.1) is 0 Å². The number of rotatable bonds is 3. The Hall–Kier alpha value is -1.49. The third-order valence-corrected chi connectivity index (χ3v) is 1.95. The molecule has 0 saturated carbocycles. The van der Waals surface area contributed by atoms with Gasteiger partial charge in [0.25, 0.3) is 0 Å². The van der Waals surface area contributed by atoms with Crippen LogP contribution >= 0.6 is 12.4 Å². The summed E-state index contributed by atoms with van der Waals surface area (Å²) in [5.41, 5.74) is 1.15.